The van der Waals surface area contributed by atoms with Crippen molar-refractivity contribution in [2.45, 2.75) is 169 Å². The molecule has 5 aliphatic rings. The predicted octanol–water partition coefficient (Wildman–Crippen LogP) is 7.67. The van der Waals surface area contributed by atoms with E-state index in [1.54, 1.807) is 0 Å². The molecule has 5 fully saturated rings. The van der Waals surface area contributed by atoms with Crippen LogP contribution in [0.4, 0.5) is 0 Å². The van der Waals surface area contributed by atoms with Crippen molar-refractivity contribution in [2.24, 2.45) is 57.0 Å². The number of carbonyl (C=O) groups is 1. The molecule has 0 bridgehead atoms. The molecule has 0 aromatic rings. The number of aliphatic hydroxyl groups excluding tert-OH is 1. The Morgan fingerprint density at radius 2 is 1.56 bits per heavy atom. The first kappa shape index (κ1) is 31.8. The largest absolute Gasteiger partial charge is 0.461 e. The minimum atomic E-state index is -0.546. The maximum absolute atomic E-state index is 13.0. The molecule has 5 rings (SSSR count). The highest BCUT2D eigenvalue weighted by Crippen LogP contribution is 2.76. The highest BCUT2D eigenvalue weighted by molar-refractivity contribution is 5.75. The summed E-state index contributed by atoms with van der Waals surface area (Å²) in [6, 6.07) is -0.546. The molecule has 4 aliphatic carbocycles. The lowest BCUT2D eigenvalue weighted by molar-refractivity contribution is -0.259. The summed E-state index contributed by atoms with van der Waals surface area (Å²) in [6.07, 6.45) is 11.2. The molecule has 0 unspecified atom stereocenters. The van der Waals surface area contributed by atoms with Crippen molar-refractivity contribution in [3.05, 3.63) is 0 Å². The van der Waals surface area contributed by atoms with Gasteiger partial charge in [-0.1, -0.05) is 48.5 Å². The van der Waals surface area contributed by atoms with Crippen molar-refractivity contribution in [3.63, 3.8) is 0 Å². The monoisotopic (exact) mass is 573 g/mol. The lowest BCUT2D eigenvalue weighted by Crippen LogP contribution is -2.67. The quantitative estimate of drug-likeness (QED) is 0.330. The molecule has 1 saturated heterocycles. The second-order valence-electron chi connectivity index (χ2n) is 18.0. The summed E-state index contributed by atoms with van der Waals surface area (Å²) >= 11 is 0. The minimum Gasteiger partial charge on any atom is -0.461 e. The second kappa shape index (κ2) is 10.2. The van der Waals surface area contributed by atoms with Gasteiger partial charge in [0, 0.05) is 5.41 Å². The van der Waals surface area contributed by atoms with Gasteiger partial charge in [-0.05, 0) is 137 Å². The van der Waals surface area contributed by atoms with Crippen LogP contribution in [0.5, 0.6) is 0 Å². The van der Waals surface area contributed by atoms with Gasteiger partial charge in [0.25, 0.3) is 0 Å². The van der Waals surface area contributed by atoms with Crippen LogP contribution in [-0.2, 0) is 14.3 Å². The molecule has 0 aromatic heterocycles. The van der Waals surface area contributed by atoms with Crippen molar-refractivity contribution >= 4 is 5.97 Å². The average Bonchev–Trinajstić information content (AvgIpc) is 3.22. The molecule has 1 aliphatic heterocycles. The lowest BCUT2D eigenvalue weighted by Gasteiger charge is -2.70. The van der Waals surface area contributed by atoms with Crippen LogP contribution in [0.1, 0.15) is 140 Å². The number of aliphatic hydroxyl groups is 1. The van der Waals surface area contributed by atoms with E-state index in [4.69, 9.17) is 15.2 Å². The third kappa shape index (κ3) is 4.85. The van der Waals surface area contributed by atoms with Crippen LogP contribution in [0.2, 0.25) is 0 Å². The van der Waals surface area contributed by atoms with E-state index in [2.05, 4.69) is 69.2 Å². The fourth-order valence-corrected chi connectivity index (χ4v) is 12.3. The van der Waals surface area contributed by atoms with Gasteiger partial charge >= 0.3 is 5.97 Å². The Kier molecular flexibility index (Phi) is 7.90. The molecule has 0 aromatic carbocycles. The summed E-state index contributed by atoms with van der Waals surface area (Å²) in [6.45, 7) is 23.4. The molecule has 0 radical (unpaired) electrons. The van der Waals surface area contributed by atoms with Crippen molar-refractivity contribution in [1.29, 1.82) is 0 Å². The number of hydrogen-bond donors (Lipinski definition) is 2. The van der Waals surface area contributed by atoms with Gasteiger partial charge in [-0.3, -0.25) is 4.79 Å². The highest BCUT2D eigenvalue weighted by Gasteiger charge is 2.72. The lowest BCUT2D eigenvalue weighted by atomic mass is 9.35. The highest BCUT2D eigenvalue weighted by atomic mass is 16.5. The molecule has 3 N–H and O–H groups in total. The van der Waals surface area contributed by atoms with E-state index in [1.165, 1.54) is 19.3 Å². The summed E-state index contributed by atoms with van der Waals surface area (Å²) in [5.41, 5.74) is 6.26. The molecule has 11 atom stereocenters. The van der Waals surface area contributed by atoms with E-state index in [0.29, 0.717) is 30.1 Å². The van der Waals surface area contributed by atoms with Crippen LogP contribution in [0.15, 0.2) is 0 Å². The third-order valence-corrected chi connectivity index (χ3v) is 14.4. The van der Waals surface area contributed by atoms with Gasteiger partial charge in [0.15, 0.2) is 0 Å². The van der Waals surface area contributed by atoms with Crippen LogP contribution in [0, 0.1) is 51.2 Å². The molecule has 0 amide bonds. The van der Waals surface area contributed by atoms with Gasteiger partial charge < -0.3 is 20.3 Å². The number of ether oxygens (including phenoxy) is 2. The second-order valence-corrected chi connectivity index (χ2v) is 18.0. The first-order valence-corrected chi connectivity index (χ1v) is 17.2. The molecular weight excluding hydrogens is 510 g/mol. The fraction of sp³-hybridized carbons (Fsp3) is 0.972. The molecule has 41 heavy (non-hydrogen) atoms. The maximum Gasteiger partial charge on any atom is 0.323 e. The SMILES string of the molecule is CC(C)C[C@H](N)C(=O)O[C@H]1CC[C@]2(C)[C@H]3C[C@@H](O)[C@@H]4[C@@H]([C@@]5(C)CCCC(C)(C)O5)CC[C@@]4(C)[C@]3(C)CC[C@H]2C1(C)C. The van der Waals surface area contributed by atoms with Gasteiger partial charge in [-0.2, -0.15) is 0 Å². The molecule has 4 saturated carbocycles. The summed E-state index contributed by atoms with van der Waals surface area (Å²) < 4.78 is 13.1. The zero-order valence-corrected chi connectivity index (χ0v) is 28.1. The van der Waals surface area contributed by atoms with Gasteiger partial charge in [0.1, 0.15) is 12.1 Å². The van der Waals surface area contributed by atoms with Gasteiger partial charge in [0.2, 0.25) is 0 Å². The molecule has 0 spiro atoms. The number of fused-ring (bicyclic) bond motifs is 5. The summed E-state index contributed by atoms with van der Waals surface area (Å²) in [4.78, 5) is 13.0. The maximum atomic E-state index is 13.0. The first-order valence-electron chi connectivity index (χ1n) is 17.2. The molecule has 5 nitrogen and oxygen atoms in total. The van der Waals surface area contributed by atoms with E-state index in [1.807, 2.05) is 0 Å². The Hall–Kier alpha value is -0.650. The molecular formula is C36H63NO4. The standard InChI is InChI=1S/C36H63NO4/c1-22(2)20-24(37)30(39)40-28-14-17-33(7)26(32(28,5)6)13-19-34(8)27(33)21-25(38)29-23(12-18-35(29,34)9)36(10)16-11-15-31(3,4)41-36/h22-29,38H,11-21,37H2,1-10H3/t23-,24-,25+,26-,27+,28-,29-,33-,34+,35+,36+/m0/s1. The van der Waals surface area contributed by atoms with Crippen LogP contribution in [-0.4, -0.2) is 40.5 Å². The van der Waals surface area contributed by atoms with Crippen molar-refractivity contribution in [2.75, 3.05) is 0 Å². The summed E-state index contributed by atoms with van der Waals surface area (Å²) in [7, 11) is 0. The number of rotatable bonds is 5. The molecule has 236 valence electrons. The average molecular weight is 574 g/mol. The number of carbonyl (C=O) groups excluding carboxylic acids is 1. The Morgan fingerprint density at radius 3 is 2.20 bits per heavy atom. The van der Waals surface area contributed by atoms with Crippen LogP contribution >= 0.6 is 0 Å². The smallest absolute Gasteiger partial charge is 0.323 e. The van der Waals surface area contributed by atoms with Crippen molar-refractivity contribution in [1.82, 2.24) is 0 Å². The Balaban J connectivity index is 1.40. The first-order chi connectivity index (χ1) is 18.8. The van der Waals surface area contributed by atoms with E-state index in [9.17, 15) is 9.90 Å². The predicted molar refractivity (Wildman–Crippen MR) is 165 cm³/mol. The topological polar surface area (TPSA) is 81.8 Å². The van der Waals surface area contributed by atoms with Crippen molar-refractivity contribution in [3.8, 4) is 0 Å². The van der Waals surface area contributed by atoms with Crippen LogP contribution in [0.3, 0.4) is 0 Å². The Morgan fingerprint density at radius 1 is 0.902 bits per heavy atom. The fourth-order valence-electron chi connectivity index (χ4n) is 12.3. The minimum absolute atomic E-state index is 0.0873. The van der Waals surface area contributed by atoms with E-state index < -0.39 is 6.04 Å². The molecule has 1 heterocycles. The Bertz CT molecular complexity index is 1010. The van der Waals surface area contributed by atoms with Crippen LogP contribution in [0.25, 0.3) is 0 Å². The zero-order valence-electron chi connectivity index (χ0n) is 28.1. The number of esters is 1. The molecule has 5 heteroatoms. The number of hydrogen-bond acceptors (Lipinski definition) is 5. The number of nitrogens with two attached hydrogens (primary N) is 1. The van der Waals surface area contributed by atoms with E-state index in [-0.39, 0.29) is 57.0 Å². The summed E-state index contributed by atoms with van der Waals surface area (Å²) in [5, 5.41) is 12.1. The van der Waals surface area contributed by atoms with Gasteiger partial charge in [-0.15, -0.1) is 0 Å². The van der Waals surface area contributed by atoms with Gasteiger partial charge in [-0.25, -0.2) is 0 Å². The van der Waals surface area contributed by atoms with Crippen LogP contribution < -0.4 is 5.73 Å². The van der Waals surface area contributed by atoms with Crippen molar-refractivity contribution < 1.29 is 19.4 Å². The normalized spacial score (nSPS) is 49.5. The van der Waals surface area contributed by atoms with Gasteiger partial charge in [0.05, 0.1) is 17.3 Å². The summed E-state index contributed by atoms with van der Waals surface area (Å²) in [5.74, 6) is 1.74. The van der Waals surface area contributed by atoms with E-state index >= 15 is 0 Å². The zero-order chi connectivity index (χ0) is 30.4. The Labute approximate surface area is 251 Å². The third-order valence-electron chi connectivity index (χ3n) is 14.4. The van der Waals surface area contributed by atoms with E-state index in [0.717, 1.165) is 44.9 Å².